The van der Waals surface area contributed by atoms with Crippen molar-refractivity contribution >= 4 is 17.2 Å². The van der Waals surface area contributed by atoms with Crippen molar-refractivity contribution in [2.75, 3.05) is 24.6 Å². The van der Waals surface area contributed by atoms with Crippen LogP contribution < -0.4 is 16.2 Å². The molecule has 2 aromatic rings. The Kier molecular flexibility index (Phi) is 7.25. The van der Waals surface area contributed by atoms with E-state index in [9.17, 15) is 4.79 Å². The molecule has 0 spiro atoms. The topological polar surface area (TPSA) is 81.6 Å². The van der Waals surface area contributed by atoms with Crippen LogP contribution in [-0.2, 0) is 0 Å². The van der Waals surface area contributed by atoms with Crippen molar-refractivity contribution in [2.24, 2.45) is 0 Å². The van der Waals surface area contributed by atoms with Crippen molar-refractivity contribution in [1.29, 1.82) is 0 Å². The number of nitrogen functional groups attached to an aromatic ring is 2. The molecule has 27 heavy (non-hydrogen) atoms. The largest absolute Gasteiger partial charge is 0.494 e. The molecular formula is C22H31N3O2. The lowest BCUT2D eigenvalue weighted by molar-refractivity contribution is 0.103. The number of nitrogens with two attached hydrogens (primary N) is 2. The van der Waals surface area contributed by atoms with Gasteiger partial charge in [-0.2, -0.15) is 0 Å². The third-order valence-electron chi connectivity index (χ3n) is 4.60. The lowest BCUT2D eigenvalue weighted by Crippen LogP contribution is -2.38. The number of anilines is 2. The molecule has 0 aliphatic heterocycles. The summed E-state index contributed by atoms with van der Waals surface area (Å²) >= 11 is 0. The number of carbonyl (C=O) groups excluding carboxylic acids is 1. The SMILES string of the molecule is CC(C)N(CCCOc1cccc(C(=O)c2ccc(N)c(N)c2)c1)C(C)C. The van der Waals surface area contributed by atoms with Gasteiger partial charge in [0, 0.05) is 29.8 Å². The first kappa shape index (κ1) is 20.8. The summed E-state index contributed by atoms with van der Waals surface area (Å²) in [6, 6.07) is 13.2. The Bertz CT molecular complexity index is 764. The van der Waals surface area contributed by atoms with Crippen molar-refractivity contribution in [3.63, 3.8) is 0 Å². The minimum Gasteiger partial charge on any atom is -0.494 e. The highest BCUT2D eigenvalue weighted by Gasteiger charge is 2.13. The summed E-state index contributed by atoms with van der Waals surface area (Å²) < 4.78 is 5.86. The van der Waals surface area contributed by atoms with Crippen LogP contribution >= 0.6 is 0 Å². The Hall–Kier alpha value is -2.53. The highest BCUT2D eigenvalue weighted by molar-refractivity contribution is 6.10. The van der Waals surface area contributed by atoms with Gasteiger partial charge >= 0.3 is 0 Å². The minimum atomic E-state index is -0.0991. The van der Waals surface area contributed by atoms with Gasteiger partial charge in [0.1, 0.15) is 5.75 Å². The van der Waals surface area contributed by atoms with Crippen LogP contribution in [-0.4, -0.2) is 35.9 Å². The van der Waals surface area contributed by atoms with Gasteiger partial charge in [0.2, 0.25) is 0 Å². The van der Waals surface area contributed by atoms with Crippen LogP contribution in [0.2, 0.25) is 0 Å². The van der Waals surface area contributed by atoms with E-state index in [1.165, 1.54) is 0 Å². The molecule has 146 valence electrons. The third kappa shape index (κ3) is 5.73. The Labute approximate surface area is 162 Å². The molecule has 4 N–H and O–H groups in total. The molecule has 5 nitrogen and oxygen atoms in total. The molecular weight excluding hydrogens is 338 g/mol. The van der Waals surface area contributed by atoms with Crippen LogP contribution in [0.25, 0.3) is 0 Å². The molecule has 2 aromatic carbocycles. The van der Waals surface area contributed by atoms with Crippen LogP contribution in [0.3, 0.4) is 0 Å². The summed E-state index contributed by atoms with van der Waals surface area (Å²) in [5, 5.41) is 0. The first-order valence-corrected chi connectivity index (χ1v) is 9.48. The fourth-order valence-corrected chi connectivity index (χ4v) is 3.16. The van der Waals surface area contributed by atoms with Gasteiger partial charge in [-0.25, -0.2) is 0 Å². The zero-order valence-corrected chi connectivity index (χ0v) is 16.7. The first-order valence-electron chi connectivity index (χ1n) is 9.48. The average molecular weight is 370 g/mol. The number of carbonyl (C=O) groups is 1. The molecule has 0 radical (unpaired) electrons. The average Bonchev–Trinajstić information content (AvgIpc) is 2.62. The van der Waals surface area contributed by atoms with Crippen LogP contribution in [0.5, 0.6) is 5.75 Å². The summed E-state index contributed by atoms with van der Waals surface area (Å²) in [7, 11) is 0. The number of ketones is 1. The second kappa shape index (κ2) is 9.42. The number of nitrogens with zero attached hydrogens (tertiary/aromatic N) is 1. The predicted octanol–water partition coefficient (Wildman–Crippen LogP) is 3.97. The number of hydrogen-bond donors (Lipinski definition) is 2. The van der Waals surface area contributed by atoms with Crippen molar-refractivity contribution in [1.82, 2.24) is 4.90 Å². The molecule has 0 aliphatic rings. The molecule has 0 atom stereocenters. The maximum Gasteiger partial charge on any atom is 0.193 e. The number of ether oxygens (including phenoxy) is 1. The van der Waals surface area contributed by atoms with Gasteiger partial charge in [0.05, 0.1) is 18.0 Å². The number of benzene rings is 2. The molecule has 2 rings (SSSR count). The van der Waals surface area contributed by atoms with Crippen molar-refractivity contribution < 1.29 is 9.53 Å². The van der Waals surface area contributed by atoms with Gasteiger partial charge in [0.25, 0.3) is 0 Å². The van der Waals surface area contributed by atoms with Gasteiger partial charge in [-0.1, -0.05) is 12.1 Å². The van der Waals surface area contributed by atoms with Gasteiger partial charge in [-0.15, -0.1) is 0 Å². The monoisotopic (exact) mass is 369 g/mol. The fourth-order valence-electron chi connectivity index (χ4n) is 3.16. The number of rotatable bonds is 9. The summed E-state index contributed by atoms with van der Waals surface area (Å²) in [6.45, 7) is 10.4. The summed E-state index contributed by atoms with van der Waals surface area (Å²) in [5.41, 5.74) is 13.5. The lowest BCUT2D eigenvalue weighted by atomic mass is 10.0. The third-order valence-corrected chi connectivity index (χ3v) is 4.60. The maximum absolute atomic E-state index is 12.7. The molecule has 0 saturated heterocycles. The van der Waals surface area contributed by atoms with Crippen molar-refractivity contribution in [3.05, 3.63) is 53.6 Å². The zero-order valence-electron chi connectivity index (χ0n) is 16.7. The normalized spacial score (nSPS) is 11.4. The van der Waals surface area contributed by atoms with Crippen LogP contribution in [0.1, 0.15) is 50.0 Å². The highest BCUT2D eigenvalue weighted by Crippen LogP contribution is 2.21. The van der Waals surface area contributed by atoms with E-state index in [0.29, 0.717) is 46.9 Å². The fraction of sp³-hybridized carbons (Fsp3) is 0.409. The van der Waals surface area contributed by atoms with Gasteiger partial charge < -0.3 is 16.2 Å². The second-order valence-corrected chi connectivity index (χ2v) is 7.33. The quantitative estimate of drug-likeness (QED) is 0.397. The van der Waals surface area contributed by atoms with E-state index in [1.54, 1.807) is 30.3 Å². The predicted molar refractivity (Wildman–Crippen MR) is 112 cm³/mol. The van der Waals surface area contributed by atoms with E-state index in [1.807, 2.05) is 12.1 Å². The Morgan fingerprint density at radius 1 is 0.963 bits per heavy atom. The molecule has 0 unspecified atom stereocenters. The number of hydrogen-bond acceptors (Lipinski definition) is 5. The van der Waals surface area contributed by atoms with Gasteiger partial charge in [-0.05, 0) is 64.4 Å². The maximum atomic E-state index is 12.7. The Morgan fingerprint density at radius 3 is 2.26 bits per heavy atom. The van der Waals surface area contributed by atoms with E-state index in [2.05, 4.69) is 32.6 Å². The standard InChI is InChI=1S/C22H31N3O2/c1-15(2)25(16(3)4)11-6-12-27-19-8-5-7-17(13-19)22(26)18-9-10-20(23)21(24)14-18/h5,7-10,13-16H,6,11-12,23-24H2,1-4H3. The summed E-state index contributed by atoms with van der Waals surface area (Å²) in [6.07, 6.45) is 0.934. The van der Waals surface area contributed by atoms with Gasteiger partial charge in [0.15, 0.2) is 5.78 Å². The second-order valence-electron chi connectivity index (χ2n) is 7.33. The molecule has 5 heteroatoms. The van der Waals surface area contributed by atoms with Crippen LogP contribution in [0, 0.1) is 0 Å². The molecule has 0 aromatic heterocycles. The van der Waals surface area contributed by atoms with E-state index in [-0.39, 0.29) is 5.78 Å². The van der Waals surface area contributed by atoms with E-state index in [0.717, 1.165) is 13.0 Å². The zero-order chi connectivity index (χ0) is 20.0. The highest BCUT2D eigenvalue weighted by atomic mass is 16.5. The molecule has 0 saturated carbocycles. The van der Waals surface area contributed by atoms with E-state index < -0.39 is 0 Å². The lowest BCUT2D eigenvalue weighted by Gasteiger charge is -2.30. The van der Waals surface area contributed by atoms with E-state index >= 15 is 0 Å². The van der Waals surface area contributed by atoms with Crippen molar-refractivity contribution in [3.8, 4) is 5.75 Å². The molecule has 0 aliphatic carbocycles. The molecule has 0 fully saturated rings. The van der Waals surface area contributed by atoms with E-state index in [4.69, 9.17) is 16.2 Å². The summed E-state index contributed by atoms with van der Waals surface area (Å²) in [4.78, 5) is 15.1. The van der Waals surface area contributed by atoms with Crippen LogP contribution in [0.15, 0.2) is 42.5 Å². The van der Waals surface area contributed by atoms with Gasteiger partial charge in [-0.3, -0.25) is 9.69 Å². The molecule has 0 amide bonds. The minimum absolute atomic E-state index is 0.0991. The van der Waals surface area contributed by atoms with Crippen LogP contribution in [0.4, 0.5) is 11.4 Å². The summed E-state index contributed by atoms with van der Waals surface area (Å²) in [5.74, 6) is 0.600. The van der Waals surface area contributed by atoms with Crippen molar-refractivity contribution in [2.45, 2.75) is 46.2 Å². The Balaban J connectivity index is 1.97. The molecule has 0 heterocycles. The smallest absolute Gasteiger partial charge is 0.193 e. The molecule has 0 bridgehead atoms. The first-order chi connectivity index (χ1) is 12.8. The Morgan fingerprint density at radius 2 is 1.63 bits per heavy atom.